The van der Waals surface area contributed by atoms with Gasteiger partial charge in [0.1, 0.15) is 0 Å². The number of aromatic nitrogens is 3. The summed E-state index contributed by atoms with van der Waals surface area (Å²) in [5, 5.41) is 24.9. The van der Waals surface area contributed by atoms with Crippen LogP contribution in [0.4, 0.5) is 10.1 Å². The first kappa shape index (κ1) is 10.0. The SMILES string of the molecule is N=c1nnc(=N)c1=NNc1ccncc1F. The molecule has 2 heterocycles. The summed E-state index contributed by atoms with van der Waals surface area (Å²) in [5.41, 5.74) is 2.03. The molecule has 0 aliphatic rings. The summed E-state index contributed by atoms with van der Waals surface area (Å²) in [5.74, 6) is -0.572. The van der Waals surface area contributed by atoms with Gasteiger partial charge in [0.15, 0.2) is 22.1 Å². The highest BCUT2D eigenvalue weighted by atomic mass is 19.1. The minimum Gasteiger partial charge on any atom is -0.279 e. The lowest BCUT2D eigenvalue weighted by atomic mass is 10.4. The van der Waals surface area contributed by atoms with E-state index >= 15 is 0 Å². The summed E-state index contributed by atoms with van der Waals surface area (Å²) in [6, 6.07) is 1.38. The second kappa shape index (κ2) is 3.93. The average molecular weight is 219 g/mol. The molecule has 0 aromatic carbocycles. The number of hydrogen-bond donors (Lipinski definition) is 3. The molecule has 2 aromatic rings. The predicted molar refractivity (Wildman–Crippen MR) is 49.5 cm³/mol. The molecule has 0 radical (unpaired) electrons. The number of nitrogens with zero attached hydrogens (tertiary/aromatic N) is 4. The fourth-order valence-electron chi connectivity index (χ4n) is 0.995. The maximum Gasteiger partial charge on any atom is 0.198 e. The van der Waals surface area contributed by atoms with Gasteiger partial charge in [0, 0.05) is 6.20 Å². The number of nitrogens with one attached hydrogen (secondary N) is 3. The highest BCUT2D eigenvalue weighted by Crippen LogP contribution is 2.09. The Bertz CT molecular complexity index is 625. The van der Waals surface area contributed by atoms with Gasteiger partial charge < -0.3 is 0 Å². The maximum absolute atomic E-state index is 13.1. The predicted octanol–water partition coefficient (Wildman–Crippen LogP) is -1.23. The summed E-state index contributed by atoms with van der Waals surface area (Å²) in [6.45, 7) is 0. The third-order valence-electron chi connectivity index (χ3n) is 1.76. The summed E-state index contributed by atoms with van der Waals surface area (Å²) in [4.78, 5) is 3.57. The fourth-order valence-corrected chi connectivity index (χ4v) is 0.995. The van der Waals surface area contributed by atoms with Crippen LogP contribution in [0.2, 0.25) is 0 Å². The van der Waals surface area contributed by atoms with Crippen LogP contribution < -0.4 is 21.8 Å². The van der Waals surface area contributed by atoms with Crippen LogP contribution in [0.5, 0.6) is 0 Å². The lowest BCUT2D eigenvalue weighted by Gasteiger charge is -1.98. The molecule has 0 fully saturated rings. The van der Waals surface area contributed by atoms with Crippen LogP contribution in [-0.2, 0) is 0 Å². The van der Waals surface area contributed by atoms with Crippen molar-refractivity contribution in [3.63, 3.8) is 0 Å². The quantitative estimate of drug-likeness (QED) is 0.549. The molecule has 80 valence electrons. The smallest absolute Gasteiger partial charge is 0.198 e. The zero-order chi connectivity index (χ0) is 11.5. The van der Waals surface area contributed by atoms with Gasteiger partial charge in [-0.1, -0.05) is 0 Å². The number of halogens is 1. The molecule has 8 heteroatoms. The highest BCUT2D eigenvalue weighted by Gasteiger charge is 2.00. The molecular formula is C8H6FN7. The van der Waals surface area contributed by atoms with Crippen LogP contribution in [0.25, 0.3) is 0 Å². The third-order valence-corrected chi connectivity index (χ3v) is 1.76. The van der Waals surface area contributed by atoms with Gasteiger partial charge in [-0.05, 0) is 6.07 Å². The Morgan fingerprint density at radius 2 is 1.94 bits per heavy atom. The van der Waals surface area contributed by atoms with Gasteiger partial charge in [0.25, 0.3) is 0 Å². The highest BCUT2D eigenvalue weighted by molar-refractivity contribution is 5.41. The molecule has 16 heavy (non-hydrogen) atoms. The molecule has 7 nitrogen and oxygen atoms in total. The number of rotatable bonds is 2. The van der Waals surface area contributed by atoms with Gasteiger partial charge in [-0.25, -0.2) is 4.39 Å². The molecule has 0 aliphatic heterocycles. The van der Waals surface area contributed by atoms with Crippen LogP contribution >= 0.6 is 0 Å². The van der Waals surface area contributed by atoms with Crippen LogP contribution in [0.1, 0.15) is 0 Å². The van der Waals surface area contributed by atoms with E-state index in [0.29, 0.717) is 0 Å². The molecule has 0 aliphatic carbocycles. The molecule has 3 N–H and O–H groups in total. The van der Waals surface area contributed by atoms with Crippen molar-refractivity contribution in [2.45, 2.75) is 0 Å². The zero-order valence-corrected chi connectivity index (χ0v) is 7.90. The van der Waals surface area contributed by atoms with Gasteiger partial charge >= 0.3 is 0 Å². The van der Waals surface area contributed by atoms with Crippen molar-refractivity contribution < 1.29 is 4.39 Å². The van der Waals surface area contributed by atoms with Gasteiger partial charge in [0.2, 0.25) is 0 Å². The lowest BCUT2D eigenvalue weighted by Crippen LogP contribution is -2.34. The molecule has 0 atom stereocenters. The molecular weight excluding hydrogens is 213 g/mol. The van der Waals surface area contributed by atoms with Gasteiger partial charge in [-0.15, -0.1) is 10.2 Å². The van der Waals surface area contributed by atoms with Gasteiger partial charge in [-0.2, -0.15) is 5.10 Å². The Labute approximate surface area is 88.1 Å². The Morgan fingerprint density at radius 3 is 2.56 bits per heavy atom. The largest absolute Gasteiger partial charge is 0.279 e. The molecule has 0 spiro atoms. The van der Waals surface area contributed by atoms with Crippen molar-refractivity contribution in [3.05, 3.63) is 40.6 Å². The Morgan fingerprint density at radius 1 is 1.25 bits per heavy atom. The standard InChI is InChI=1S/C8H6FN7/c9-4-3-12-2-1-5(4)13-14-6-7(10)15-16-8(6)11/h1-3,10-11H,(H,12,13). The summed E-state index contributed by atoms with van der Waals surface area (Å²) in [6.07, 6.45) is 2.42. The lowest BCUT2D eigenvalue weighted by molar-refractivity contribution is 0.624. The van der Waals surface area contributed by atoms with E-state index < -0.39 is 5.82 Å². The molecule has 2 aromatic heterocycles. The first-order valence-electron chi connectivity index (χ1n) is 4.21. The van der Waals surface area contributed by atoms with Crippen LogP contribution in [0.3, 0.4) is 0 Å². The fraction of sp³-hybridized carbons (Fsp3) is 0. The van der Waals surface area contributed by atoms with Crippen molar-refractivity contribution in [1.82, 2.24) is 15.2 Å². The number of hydrogen-bond acceptors (Lipinski definition) is 7. The molecule has 0 bridgehead atoms. The van der Waals surface area contributed by atoms with Crippen molar-refractivity contribution in [3.8, 4) is 0 Å². The second-order valence-corrected chi connectivity index (χ2v) is 2.82. The Kier molecular flexibility index (Phi) is 2.46. The average Bonchev–Trinajstić information content (AvgIpc) is 2.58. The molecule has 0 saturated carbocycles. The van der Waals surface area contributed by atoms with E-state index in [4.69, 9.17) is 10.8 Å². The maximum atomic E-state index is 13.1. The number of anilines is 1. The second-order valence-electron chi connectivity index (χ2n) is 2.82. The molecule has 0 amide bonds. The van der Waals surface area contributed by atoms with Gasteiger partial charge in [0.05, 0.1) is 11.9 Å². The van der Waals surface area contributed by atoms with Crippen LogP contribution in [0, 0.1) is 16.6 Å². The van der Waals surface area contributed by atoms with E-state index in [1.165, 1.54) is 12.3 Å². The number of pyridine rings is 1. The van der Waals surface area contributed by atoms with Crippen molar-refractivity contribution >= 4 is 5.69 Å². The van der Waals surface area contributed by atoms with Gasteiger partial charge in [-0.3, -0.25) is 21.2 Å². The Balaban J connectivity index is 2.39. The van der Waals surface area contributed by atoms with Crippen LogP contribution in [-0.4, -0.2) is 15.2 Å². The monoisotopic (exact) mass is 219 g/mol. The topological polar surface area (TPSA) is 111 Å². The summed E-state index contributed by atoms with van der Waals surface area (Å²) in [7, 11) is 0. The first-order valence-corrected chi connectivity index (χ1v) is 4.21. The normalized spacial score (nSPS) is 10.1. The molecule has 0 unspecified atom stereocenters. The van der Waals surface area contributed by atoms with E-state index in [-0.39, 0.29) is 22.0 Å². The minimum atomic E-state index is -0.572. The summed E-state index contributed by atoms with van der Waals surface area (Å²) >= 11 is 0. The molecule has 0 saturated heterocycles. The van der Waals surface area contributed by atoms with E-state index in [0.717, 1.165) is 6.20 Å². The van der Waals surface area contributed by atoms with E-state index in [9.17, 15) is 4.39 Å². The first-order chi connectivity index (χ1) is 7.68. The summed E-state index contributed by atoms with van der Waals surface area (Å²) < 4.78 is 13.1. The van der Waals surface area contributed by atoms with E-state index in [1.807, 2.05) is 0 Å². The van der Waals surface area contributed by atoms with E-state index in [2.05, 4.69) is 25.7 Å². The minimum absolute atomic E-state index is 0.0313. The van der Waals surface area contributed by atoms with Crippen molar-refractivity contribution in [2.24, 2.45) is 5.10 Å². The van der Waals surface area contributed by atoms with Crippen molar-refractivity contribution in [2.75, 3.05) is 5.43 Å². The van der Waals surface area contributed by atoms with E-state index in [1.54, 1.807) is 0 Å². The zero-order valence-electron chi connectivity index (χ0n) is 7.90. The molecule has 2 rings (SSSR count). The Hall–Kier alpha value is -2.51. The van der Waals surface area contributed by atoms with Crippen LogP contribution in [0.15, 0.2) is 23.6 Å². The third kappa shape index (κ3) is 1.80. The van der Waals surface area contributed by atoms with Crippen molar-refractivity contribution in [1.29, 1.82) is 10.8 Å².